The Kier molecular flexibility index (Phi) is 6.50. The van der Waals surface area contributed by atoms with Crippen LogP contribution in [0, 0.1) is 18.6 Å². The lowest BCUT2D eigenvalue weighted by Gasteiger charge is -2.21. The van der Waals surface area contributed by atoms with E-state index < -0.39 is 11.6 Å². The van der Waals surface area contributed by atoms with Crippen LogP contribution in [-0.4, -0.2) is 10.9 Å². The minimum atomic E-state index is -0.595. The zero-order valence-electron chi connectivity index (χ0n) is 21.2. The lowest BCUT2D eigenvalue weighted by atomic mass is 9.83. The number of nitrogen functional groups attached to an aromatic ring is 1. The van der Waals surface area contributed by atoms with Crippen molar-refractivity contribution < 1.29 is 13.6 Å². The summed E-state index contributed by atoms with van der Waals surface area (Å²) < 4.78 is 27.7. The molecule has 188 valence electrons. The van der Waals surface area contributed by atoms with Crippen molar-refractivity contribution in [2.75, 3.05) is 5.73 Å². The molecule has 4 nitrogen and oxygen atoms in total. The fraction of sp³-hybridized carbons (Fsp3) is 0.226. The van der Waals surface area contributed by atoms with Gasteiger partial charge in [-0.3, -0.25) is 4.79 Å². The van der Waals surface area contributed by atoms with Gasteiger partial charge in [-0.1, -0.05) is 38.1 Å². The number of benzene rings is 3. The summed E-state index contributed by atoms with van der Waals surface area (Å²) in [4.78, 5) is 17.5. The molecule has 0 radical (unpaired) electrons. The first-order valence-electron chi connectivity index (χ1n) is 12.4. The van der Waals surface area contributed by atoms with Crippen molar-refractivity contribution in [1.29, 1.82) is 0 Å². The summed E-state index contributed by atoms with van der Waals surface area (Å²) in [5, 5.41) is 3.05. The van der Waals surface area contributed by atoms with Crippen molar-refractivity contribution in [3.05, 3.63) is 117 Å². The van der Waals surface area contributed by atoms with Crippen LogP contribution in [0.4, 0.5) is 14.6 Å². The number of aryl methyl sites for hydroxylation is 1. The van der Waals surface area contributed by atoms with Gasteiger partial charge in [-0.25, -0.2) is 13.8 Å². The van der Waals surface area contributed by atoms with Crippen molar-refractivity contribution in [2.45, 2.75) is 46.1 Å². The van der Waals surface area contributed by atoms with E-state index >= 15 is 0 Å². The quantitative estimate of drug-likeness (QED) is 0.293. The first kappa shape index (κ1) is 24.6. The number of amides is 1. The minimum absolute atomic E-state index is 0.151. The van der Waals surface area contributed by atoms with E-state index in [1.54, 1.807) is 0 Å². The lowest BCUT2D eigenvalue weighted by molar-refractivity contribution is 0.0950. The highest BCUT2D eigenvalue weighted by atomic mass is 19.1. The van der Waals surface area contributed by atoms with Gasteiger partial charge in [0.15, 0.2) is 0 Å². The Labute approximate surface area is 215 Å². The normalized spacial score (nSPS) is 12.3. The van der Waals surface area contributed by atoms with Crippen LogP contribution in [0.15, 0.2) is 60.7 Å². The van der Waals surface area contributed by atoms with Crippen LogP contribution >= 0.6 is 0 Å². The van der Waals surface area contributed by atoms with E-state index in [1.165, 1.54) is 23.3 Å². The number of hydrogen-bond acceptors (Lipinski definition) is 3. The van der Waals surface area contributed by atoms with E-state index in [1.807, 2.05) is 49.4 Å². The van der Waals surface area contributed by atoms with Gasteiger partial charge >= 0.3 is 0 Å². The van der Waals surface area contributed by atoms with Crippen LogP contribution in [-0.2, 0) is 19.4 Å². The third kappa shape index (κ3) is 4.96. The summed E-state index contributed by atoms with van der Waals surface area (Å²) in [7, 11) is 0. The average molecular weight is 498 g/mol. The van der Waals surface area contributed by atoms with Crippen molar-refractivity contribution in [2.24, 2.45) is 0 Å². The molecule has 0 aliphatic heterocycles. The second-order valence-corrected chi connectivity index (χ2v) is 9.98. The summed E-state index contributed by atoms with van der Waals surface area (Å²) in [6, 6.07) is 17.2. The second-order valence-electron chi connectivity index (χ2n) is 9.98. The maximum atomic E-state index is 14.4. The molecule has 0 fully saturated rings. The van der Waals surface area contributed by atoms with E-state index in [0.717, 1.165) is 40.4 Å². The number of nitrogens with two attached hydrogens (primary N) is 1. The minimum Gasteiger partial charge on any atom is -0.384 e. The fourth-order valence-electron chi connectivity index (χ4n) is 5.13. The molecule has 3 N–H and O–H groups in total. The first-order chi connectivity index (χ1) is 17.7. The van der Waals surface area contributed by atoms with Gasteiger partial charge in [-0.05, 0) is 95.0 Å². The first-order valence-corrected chi connectivity index (χ1v) is 12.4. The topological polar surface area (TPSA) is 68.0 Å². The molecule has 1 aromatic heterocycles. The van der Waals surface area contributed by atoms with Crippen molar-refractivity contribution in [3.63, 3.8) is 0 Å². The lowest BCUT2D eigenvalue weighted by Crippen LogP contribution is -2.25. The molecule has 0 unspecified atom stereocenters. The highest BCUT2D eigenvalue weighted by Crippen LogP contribution is 2.32. The molecule has 0 spiro atoms. The summed E-state index contributed by atoms with van der Waals surface area (Å²) in [6.45, 7) is 6.47. The van der Waals surface area contributed by atoms with Crippen molar-refractivity contribution in [1.82, 2.24) is 10.3 Å². The molecule has 0 bridgehead atoms. The Balaban J connectivity index is 1.36. The molecule has 1 amide bonds. The third-order valence-electron chi connectivity index (χ3n) is 7.11. The van der Waals surface area contributed by atoms with Crippen LogP contribution in [0.1, 0.15) is 69.2 Å². The van der Waals surface area contributed by atoms with Gasteiger partial charge < -0.3 is 11.1 Å². The fourth-order valence-corrected chi connectivity index (χ4v) is 5.13. The highest BCUT2D eigenvalue weighted by Gasteiger charge is 2.19. The molecule has 6 heteroatoms. The SMILES string of the molecule is Cc1nc(N)cc(C(C)C)c1CNC(=O)c1ccc2c(c1)Cc1cc(-c3ccc(F)cc3F)ccc1C2. The van der Waals surface area contributed by atoms with E-state index in [2.05, 4.69) is 24.1 Å². The Morgan fingerprint density at radius 1 is 0.946 bits per heavy atom. The van der Waals surface area contributed by atoms with Crippen molar-refractivity contribution in [3.8, 4) is 11.1 Å². The smallest absolute Gasteiger partial charge is 0.251 e. The standard InChI is InChI=1S/C31H29F2N3O/c1-17(2)27-15-30(34)36-18(3)28(27)16-35-31(37)22-7-5-20-10-19-4-6-21(11-23(19)13-24(20)12-22)26-9-8-25(32)14-29(26)33/h4-9,11-12,14-15,17H,10,13,16H2,1-3H3,(H2,34,36)(H,35,37). The monoisotopic (exact) mass is 497 g/mol. The van der Waals surface area contributed by atoms with Gasteiger partial charge in [0.25, 0.3) is 5.91 Å². The van der Waals surface area contributed by atoms with Gasteiger partial charge in [0.1, 0.15) is 17.5 Å². The third-order valence-corrected chi connectivity index (χ3v) is 7.11. The van der Waals surface area contributed by atoms with E-state index in [-0.39, 0.29) is 11.8 Å². The van der Waals surface area contributed by atoms with Crippen molar-refractivity contribution >= 4 is 11.7 Å². The number of nitrogens with one attached hydrogen (secondary N) is 1. The van der Waals surface area contributed by atoms with Gasteiger partial charge in [-0.15, -0.1) is 0 Å². The molecule has 5 rings (SSSR count). The summed E-state index contributed by atoms with van der Waals surface area (Å²) in [5.74, 6) is -0.587. The molecule has 0 atom stereocenters. The highest BCUT2D eigenvalue weighted by molar-refractivity contribution is 5.94. The largest absolute Gasteiger partial charge is 0.384 e. The van der Waals surface area contributed by atoms with E-state index in [0.29, 0.717) is 35.5 Å². The Hall–Kier alpha value is -4.06. The van der Waals surface area contributed by atoms with Gasteiger partial charge in [0, 0.05) is 29.4 Å². The molecule has 1 heterocycles. The Morgan fingerprint density at radius 2 is 1.65 bits per heavy atom. The molecule has 1 aliphatic rings. The molecule has 0 saturated heterocycles. The molecular formula is C31H29F2N3O. The summed E-state index contributed by atoms with van der Waals surface area (Å²) in [5.41, 5.74) is 15.0. The van der Waals surface area contributed by atoms with Gasteiger partial charge in [0.05, 0.1) is 0 Å². The predicted molar refractivity (Wildman–Crippen MR) is 142 cm³/mol. The molecule has 0 saturated carbocycles. The van der Waals surface area contributed by atoms with Crippen LogP contribution in [0.2, 0.25) is 0 Å². The molecular weight excluding hydrogens is 468 g/mol. The second kappa shape index (κ2) is 9.77. The Bertz CT molecular complexity index is 1530. The number of hydrogen-bond donors (Lipinski definition) is 2. The van der Waals surface area contributed by atoms with Gasteiger partial charge in [0.2, 0.25) is 0 Å². The molecule has 4 aromatic rings. The number of carbonyl (C=O) groups is 1. The number of anilines is 1. The zero-order valence-corrected chi connectivity index (χ0v) is 21.2. The number of fused-ring (bicyclic) bond motifs is 2. The number of nitrogens with zero attached hydrogens (tertiary/aromatic N) is 1. The number of pyridine rings is 1. The van der Waals surface area contributed by atoms with Crippen LogP contribution in [0.5, 0.6) is 0 Å². The number of rotatable bonds is 5. The number of carbonyl (C=O) groups excluding carboxylic acids is 1. The average Bonchev–Trinajstić information content (AvgIpc) is 2.85. The maximum absolute atomic E-state index is 14.4. The van der Waals surface area contributed by atoms with Gasteiger partial charge in [-0.2, -0.15) is 0 Å². The maximum Gasteiger partial charge on any atom is 0.251 e. The zero-order chi connectivity index (χ0) is 26.3. The van der Waals surface area contributed by atoms with Crippen LogP contribution in [0.25, 0.3) is 11.1 Å². The molecule has 37 heavy (non-hydrogen) atoms. The predicted octanol–water partition coefficient (Wildman–Crippen LogP) is 6.47. The van der Waals surface area contributed by atoms with Crippen LogP contribution < -0.4 is 11.1 Å². The van der Waals surface area contributed by atoms with E-state index in [9.17, 15) is 13.6 Å². The summed E-state index contributed by atoms with van der Waals surface area (Å²) in [6.07, 6.45) is 1.38. The number of halogens is 2. The Morgan fingerprint density at radius 3 is 2.38 bits per heavy atom. The van der Waals surface area contributed by atoms with E-state index in [4.69, 9.17) is 5.73 Å². The van der Waals surface area contributed by atoms with Crippen LogP contribution in [0.3, 0.4) is 0 Å². The number of aromatic nitrogens is 1. The molecule has 3 aromatic carbocycles. The summed E-state index contributed by atoms with van der Waals surface area (Å²) >= 11 is 0. The molecule has 1 aliphatic carbocycles.